The van der Waals surface area contributed by atoms with Crippen LogP contribution in [0.4, 0.5) is 0 Å². The average molecular weight is 244 g/mol. The second kappa shape index (κ2) is 10.6. The molecule has 0 radical (unpaired) electrons. The highest BCUT2D eigenvalue weighted by molar-refractivity contribution is 6.51. The maximum atomic E-state index is 6.20. The predicted octanol–water partition coefficient (Wildman–Crippen LogP) is 4.37. The average Bonchev–Trinajstić information content (AvgIpc) is 2.17. The molecule has 0 aliphatic carbocycles. The third-order valence-corrected chi connectivity index (χ3v) is 5.64. The zero-order chi connectivity index (χ0) is 12.4. The van der Waals surface area contributed by atoms with E-state index >= 15 is 0 Å². The van der Waals surface area contributed by atoms with Crippen molar-refractivity contribution in [1.82, 2.24) is 0 Å². The summed E-state index contributed by atoms with van der Waals surface area (Å²) < 4.78 is 12.0. The highest BCUT2D eigenvalue weighted by Crippen LogP contribution is 2.15. The molecule has 0 saturated carbocycles. The lowest BCUT2D eigenvalue weighted by atomic mass is 10.3. The Hall–Kier alpha value is 0.452. The van der Waals surface area contributed by atoms with E-state index in [-0.39, 0.29) is 12.4 Å². The van der Waals surface area contributed by atoms with E-state index < -0.39 is 14.5 Å². The van der Waals surface area contributed by atoms with Gasteiger partial charge in [0.15, 0.2) is 0 Å². The lowest BCUT2D eigenvalue weighted by Crippen LogP contribution is -2.29. The molecule has 96 valence electrons. The Morgan fingerprint density at radius 1 is 0.938 bits per heavy atom. The second-order valence-electron chi connectivity index (χ2n) is 4.74. The molecular weight excluding hydrogens is 215 g/mol. The molecule has 1 unspecified atom stereocenters. The Kier molecular flexibility index (Phi) is 10.9. The third-order valence-electron chi connectivity index (χ3n) is 2.51. The smallest absolute Gasteiger partial charge is 0.462 e. The molecule has 0 spiro atoms. The van der Waals surface area contributed by atoms with E-state index in [0.717, 1.165) is 12.8 Å². The summed E-state index contributed by atoms with van der Waals surface area (Å²) in [6.45, 7) is 10.9. The predicted molar refractivity (Wildman–Crippen MR) is 72.0 cm³/mol. The molecule has 3 heteroatoms. The van der Waals surface area contributed by atoms with Crippen LogP contribution in [0.2, 0.25) is 10.6 Å². The molecule has 0 N–H and O–H groups in total. The molecule has 0 aliphatic rings. The number of hydrogen-bond acceptors (Lipinski definition) is 2. The summed E-state index contributed by atoms with van der Waals surface area (Å²) in [4.78, 5) is 0. The van der Waals surface area contributed by atoms with Crippen molar-refractivity contribution in [3.63, 3.8) is 0 Å². The van der Waals surface area contributed by atoms with Gasteiger partial charge in [-0.25, -0.2) is 0 Å². The van der Waals surface area contributed by atoms with Crippen LogP contribution in [0.1, 0.15) is 60.3 Å². The van der Waals surface area contributed by atoms with Gasteiger partial charge in [-0.1, -0.05) is 50.6 Å². The molecule has 0 bridgehead atoms. The Balaban J connectivity index is 4.08. The zero-order valence-electron chi connectivity index (χ0n) is 11.8. The van der Waals surface area contributed by atoms with E-state index in [9.17, 15) is 0 Å². The monoisotopic (exact) mass is 244 g/mol. The van der Waals surface area contributed by atoms with Crippen LogP contribution < -0.4 is 0 Å². The van der Waals surface area contributed by atoms with Crippen LogP contribution in [0.5, 0.6) is 0 Å². The van der Waals surface area contributed by atoms with Crippen LogP contribution in [-0.2, 0) is 8.53 Å². The number of hydrogen-bond donors (Lipinski definition) is 0. The van der Waals surface area contributed by atoms with Crippen molar-refractivity contribution >= 4 is 14.5 Å². The fourth-order valence-corrected chi connectivity index (χ4v) is 4.32. The van der Waals surface area contributed by atoms with Gasteiger partial charge in [-0.15, -0.1) is 0 Å². The van der Waals surface area contributed by atoms with Crippen molar-refractivity contribution in [2.75, 3.05) is 0 Å². The summed E-state index contributed by atoms with van der Waals surface area (Å²) in [5.74, 6) is 0. The highest BCUT2D eigenvalue weighted by Gasteiger charge is 2.23. The first-order valence-electron chi connectivity index (χ1n) is 6.94. The van der Waals surface area contributed by atoms with Gasteiger partial charge >= 0.3 is 14.5 Å². The van der Waals surface area contributed by atoms with Gasteiger partial charge in [0.1, 0.15) is 6.29 Å². The Bertz CT molecular complexity index is 145. The van der Waals surface area contributed by atoms with Crippen molar-refractivity contribution in [3.8, 4) is 0 Å². The molecule has 0 fully saturated rings. The summed E-state index contributed by atoms with van der Waals surface area (Å²) in [6, 6.07) is 0. The van der Waals surface area contributed by atoms with E-state index in [4.69, 9.17) is 8.53 Å². The van der Waals surface area contributed by atoms with Gasteiger partial charge in [0.2, 0.25) is 0 Å². The summed E-state index contributed by atoms with van der Waals surface area (Å²) in [6.07, 6.45) is 5.00. The fraction of sp³-hybridized carbons (Fsp3) is 1.00. The minimum atomic E-state index is -1.01. The van der Waals surface area contributed by atoms with Crippen molar-refractivity contribution in [2.45, 2.75) is 83.3 Å². The minimum Gasteiger partial charge on any atom is -0.478 e. The molecule has 0 amide bonds. The summed E-state index contributed by atoms with van der Waals surface area (Å²) in [5, 5.41) is 2.57. The Morgan fingerprint density at radius 2 is 1.50 bits per heavy atom. The molecule has 0 aromatic heterocycles. The normalized spacial score (nSPS) is 13.1. The first-order valence-corrected chi connectivity index (χ1v) is 9.05. The van der Waals surface area contributed by atoms with Gasteiger partial charge in [0.25, 0.3) is 0 Å². The van der Waals surface area contributed by atoms with Gasteiger partial charge in [-0.3, -0.25) is 0 Å². The largest absolute Gasteiger partial charge is 0.478 e. The number of rotatable bonds is 10. The molecule has 0 saturated heterocycles. The maximum absolute atomic E-state index is 6.20. The molecule has 0 aromatic rings. The first-order chi connectivity index (χ1) is 7.63. The summed E-state index contributed by atoms with van der Waals surface area (Å²) >= 11 is -1.01. The SMILES string of the molecule is CCCC(OC(C)C)[O][Al]([CH2]CC)[CH2]CC. The van der Waals surface area contributed by atoms with Gasteiger partial charge in [-0.05, 0) is 20.3 Å². The highest BCUT2D eigenvalue weighted by atomic mass is 27.2. The van der Waals surface area contributed by atoms with E-state index in [1.54, 1.807) is 0 Å². The van der Waals surface area contributed by atoms with Crippen LogP contribution in [0.15, 0.2) is 0 Å². The minimum absolute atomic E-state index is 0.0553. The lowest BCUT2D eigenvalue weighted by molar-refractivity contribution is -0.114. The van der Waals surface area contributed by atoms with E-state index in [1.807, 2.05) is 0 Å². The molecule has 0 aliphatic heterocycles. The Morgan fingerprint density at radius 3 is 1.88 bits per heavy atom. The fourth-order valence-electron chi connectivity index (χ4n) is 1.85. The van der Waals surface area contributed by atoms with Crippen molar-refractivity contribution in [3.05, 3.63) is 0 Å². The van der Waals surface area contributed by atoms with Gasteiger partial charge in [0, 0.05) is 0 Å². The first kappa shape index (κ1) is 16.5. The van der Waals surface area contributed by atoms with Crippen molar-refractivity contribution < 1.29 is 8.53 Å². The third kappa shape index (κ3) is 8.59. The Labute approximate surface area is 106 Å². The topological polar surface area (TPSA) is 18.5 Å². The molecule has 0 heterocycles. The van der Waals surface area contributed by atoms with E-state index in [2.05, 4.69) is 34.6 Å². The molecule has 16 heavy (non-hydrogen) atoms. The molecule has 0 aromatic carbocycles. The van der Waals surface area contributed by atoms with Gasteiger partial charge < -0.3 is 8.53 Å². The summed E-state index contributed by atoms with van der Waals surface area (Å²) in [5.41, 5.74) is 0. The van der Waals surface area contributed by atoms with Crippen molar-refractivity contribution in [1.29, 1.82) is 0 Å². The number of ether oxygens (including phenoxy) is 1. The van der Waals surface area contributed by atoms with Crippen LogP contribution in [0.25, 0.3) is 0 Å². The standard InChI is InChI=1S/C7H15O2.2C3H7.Al/c1-4-5-7(8)9-6(2)3;2*1-3-2;/h6-7H,4-5H2,1-3H3;2*1,3H2,2H3;/q-1;;;+1. The summed E-state index contributed by atoms with van der Waals surface area (Å²) in [7, 11) is 0. The molecule has 0 rings (SSSR count). The van der Waals surface area contributed by atoms with Crippen molar-refractivity contribution in [2.24, 2.45) is 0 Å². The van der Waals surface area contributed by atoms with Gasteiger partial charge in [0.05, 0.1) is 6.10 Å². The lowest BCUT2D eigenvalue weighted by Gasteiger charge is -2.24. The maximum Gasteiger partial charge on any atom is 0.462 e. The van der Waals surface area contributed by atoms with E-state index in [0.29, 0.717) is 0 Å². The molecular formula is C13H29AlO2. The van der Waals surface area contributed by atoms with Crippen LogP contribution in [0.3, 0.4) is 0 Å². The van der Waals surface area contributed by atoms with Crippen LogP contribution >= 0.6 is 0 Å². The van der Waals surface area contributed by atoms with Crippen LogP contribution in [0, 0.1) is 0 Å². The zero-order valence-corrected chi connectivity index (χ0v) is 12.9. The van der Waals surface area contributed by atoms with Crippen LogP contribution in [-0.4, -0.2) is 26.9 Å². The quantitative estimate of drug-likeness (QED) is 0.420. The van der Waals surface area contributed by atoms with Gasteiger partial charge in [-0.2, -0.15) is 0 Å². The molecule has 1 atom stereocenters. The van der Waals surface area contributed by atoms with E-state index in [1.165, 1.54) is 23.4 Å². The molecule has 2 nitrogen and oxygen atoms in total. The second-order valence-corrected chi connectivity index (χ2v) is 7.41.